The van der Waals surface area contributed by atoms with Crippen molar-refractivity contribution < 1.29 is 13.6 Å². The van der Waals surface area contributed by atoms with E-state index in [1.54, 1.807) is 6.07 Å². The molecule has 1 rings (SSSR count). The van der Waals surface area contributed by atoms with E-state index in [-0.39, 0.29) is 16.7 Å². The summed E-state index contributed by atoms with van der Waals surface area (Å²) in [5.74, 6) is 0. The number of hydrogen-bond donors (Lipinski definition) is 0. The summed E-state index contributed by atoms with van der Waals surface area (Å²) in [6.45, 7) is 1.28. The van der Waals surface area contributed by atoms with Gasteiger partial charge in [0.1, 0.15) is 11.8 Å². The van der Waals surface area contributed by atoms with E-state index in [1.165, 1.54) is 6.92 Å². The first-order valence-corrected chi connectivity index (χ1v) is 4.24. The Balaban J connectivity index is 3.51. The minimum Gasteiger partial charge on any atom is -0.276 e. The fraction of sp³-hybridized carbons (Fsp3) is 0.222. The van der Waals surface area contributed by atoms with Crippen molar-refractivity contribution in [3.8, 4) is 6.07 Å². The summed E-state index contributed by atoms with van der Waals surface area (Å²) in [5, 5.41) is 7.70. The molecule has 0 atom stereocenters. The zero-order valence-electron chi connectivity index (χ0n) is 7.59. The number of carbonyl (C=O) groups is 1. The Labute approximate surface area is 89.3 Å². The Kier molecular flexibility index (Phi) is 3.32. The summed E-state index contributed by atoms with van der Waals surface area (Å²) in [4.78, 5) is 14.4. The standard InChI is InChI=1S/C9H5ClF2N2O/c1-4-6(8(10)15)5(2-13)3-14-7(4)9(11)12/h3,9H,1H3. The molecule has 0 unspecified atom stereocenters. The fourth-order valence-corrected chi connectivity index (χ4v) is 1.43. The maximum atomic E-state index is 12.4. The Hall–Kier alpha value is -1.54. The highest BCUT2D eigenvalue weighted by Crippen LogP contribution is 2.25. The lowest BCUT2D eigenvalue weighted by atomic mass is 10.0. The van der Waals surface area contributed by atoms with Gasteiger partial charge < -0.3 is 0 Å². The lowest BCUT2D eigenvalue weighted by Crippen LogP contribution is -2.05. The summed E-state index contributed by atoms with van der Waals surface area (Å²) in [7, 11) is 0. The number of aromatic nitrogens is 1. The van der Waals surface area contributed by atoms with Crippen LogP contribution in [0.1, 0.15) is 33.6 Å². The molecule has 3 nitrogen and oxygen atoms in total. The van der Waals surface area contributed by atoms with Crippen LogP contribution in [0.2, 0.25) is 0 Å². The highest BCUT2D eigenvalue weighted by Gasteiger charge is 2.21. The first-order chi connectivity index (χ1) is 6.99. The number of hydrogen-bond acceptors (Lipinski definition) is 3. The van der Waals surface area contributed by atoms with Crippen LogP contribution in [0.15, 0.2) is 6.20 Å². The summed E-state index contributed by atoms with van der Waals surface area (Å²) in [6.07, 6.45) is -1.88. The molecule has 0 aliphatic heterocycles. The Morgan fingerprint density at radius 2 is 2.27 bits per heavy atom. The van der Waals surface area contributed by atoms with Gasteiger partial charge in [-0.05, 0) is 24.1 Å². The topological polar surface area (TPSA) is 53.8 Å². The van der Waals surface area contributed by atoms with Crippen molar-refractivity contribution in [2.24, 2.45) is 0 Å². The van der Waals surface area contributed by atoms with Gasteiger partial charge in [0.15, 0.2) is 0 Å². The molecule has 0 saturated heterocycles. The molecule has 0 N–H and O–H groups in total. The van der Waals surface area contributed by atoms with E-state index in [0.29, 0.717) is 0 Å². The van der Waals surface area contributed by atoms with Crippen LogP contribution in [0.3, 0.4) is 0 Å². The Bertz CT molecular complexity index is 454. The third-order valence-electron chi connectivity index (χ3n) is 1.88. The molecular weight excluding hydrogens is 226 g/mol. The number of pyridine rings is 1. The number of nitriles is 1. The van der Waals surface area contributed by atoms with Gasteiger partial charge in [-0.3, -0.25) is 9.78 Å². The second-order valence-corrected chi connectivity index (χ2v) is 3.09. The number of carbonyl (C=O) groups excluding carboxylic acids is 1. The lowest BCUT2D eigenvalue weighted by Gasteiger charge is -2.07. The van der Waals surface area contributed by atoms with Gasteiger partial charge in [-0.2, -0.15) is 5.26 Å². The minimum absolute atomic E-state index is 0.0518. The van der Waals surface area contributed by atoms with Crippen molar-refractivity contribution in [1.82, 2.24) is 4.98 Å². The van der Waals surface area contributed by atoms with Gasteiger partial charge in [0, 0.05) is 6.20 Å². The maximum Gasteiger partial charge on any atom is 0.280 e. The molecule has 0 fully saturated rings. The second-order valence-electron chi connectivity index (χ2n) is 2.74. The van der Waals surface area contributed by atoms with E-state index >= 15 is 0 Å². The average Bonchev–Trinajstić information content (AvgIpc) is 2.15. The molecule has 0 bridgehead atoms. The van der Waals surface area contributed by atoms with Crippen LogP contribution < -0.4 is 0 Å². The zero-order chi connectivity index (χ0) is 11.6. The van der Waals surface area contributed by atoms with Gasteiger partial charge in [0.2, 0.25) is 0 Å². The van der Waals surface area contributed by atoms with Crippen molar-refractivity contribution in [2.45, 2.75) is 13.3 Å². The van der Waals surface area contributed by atoms with Crippen molar-refractivity contribution in [1.29, 1.82) is 5.26 Å². The van der Waals surface area contributed by atoms with E-state index in [1.807, 2.05) is 0 Å². The first-order valence-electron chi connectivity index (χ1n) is 3.86. The van der Waals surface area contributed by atoms with E-state index in [4.69, 9.17) is 16.9 Å². The number of halogens is 3. The van der Waals surface area contributed by atoms with Gasteiger partial charge in [0.05, 0.1) is 11.1 Å². The molecule has 1 aromatic rings. The monoisotopic (exact) mass is 230 g/mol. The van der Waals surface area contributed by atoms with Crippen molar-refractivity contribution >= 4 is 16.8 Å². The maximum absolute atomic E-state index is 12.4. The third kappa shape index (κ3) is 2.10. The molecule has 15 heavy (non-hydrogen) atoms. The van der Waals surface area contributed by atoms with Crippen molar-refractivity contribution in [2.75, 3.05) is 0 Å². The number of alkyl halides is 2. The minimum atomic E-state index is -2.80. The smallest absolute Gasteiger partial charge is 0.276 e. The van der Waals surface area contributed by atoms with E-state index in [9.17, 15) is 13.6 Å². The van der Waals surface area contributed by atoms with Crippen LogP contribution in [-0.4, -0.2) is 10.2 Å². The van der Waals surface area contributed by atoms with Gasteiger partial charge in [0.25, 0.3) is 11.7 Å². The second kappa shape index (κ2) is 4.32. The molecule has 1 aromatic heterocycles. The van der Waals surface area contributed by atoms with Gasteiger partial charge in [-0.15, -0.1) is 0 Å². The van der Waals surface area contributed by atoms with E-state index in [2.05, 4.69) is 4.98 Å². The Morgan fingerprint density at radius 1 is 1.67 bits per heavy atom. The Morgan fingerprint density at radius 3 is 2.67 bits per heavy atom. The highest BCUT2D eigenvalue weighted by molar-refractivity contribution is 6.68. The molecule has 1 heterocycles. The molecule has 78 valence electrons. The highest BCUT2D eigenvalue weighted by atomic mass is 35.5. The third-order valence-corrected chi connectivity index (χ3v) is 2.07. The van der Waals surface area contributed by atoms with Gasteiger partial charge >= 0.3 is 0 Å². The molecule has 0 spiro atoms. The van der Waals surface area contributed by atoms with Gasteiger partial charge in [-0.1, -0.05) is 0 Å². The number of rotatable bonds is 2. The van der Waals surface area contributed by atoms with Crippen LogP contribution in [0, 0.1) is 18.3 Å². The molecule has 0 aromatic carbocycles. The normalized spacial score (nSPS) is 10.1. The summed E-state index contributed by atoms with van der Waals surface area (Å²) in [6, 6.07) is 1.67. The summed E-state index contributed by atoms with van der Waals surface area (Å²) in [5.41, 5.74) is -0.886. The van der Waals surface area contributed by atoms with Crippen LogP contribution >= 0.6 is 11.6 Å². The molecule has 0 aliphatic rings. The molecule has 0 aliphatic carbocycles. The quantitative estimate of drug-likeness (QED) is 0.734. The SMILES string of the molecule is Cc1c(C(F)F)ncc(C#N)c1C(=O)Cl. The lowest BCUT2D eigenvalue weighted by molar-refractivity contribution is 0.107. The zero-order valence-corrected chi connectivity index (χ0v) is 8.35. The fourth-order valence-electron chi connectivity index (χ4n) is 1.18. The van der Waals surface area contributed by atoms with Crippen LogP contribution in [0.4, 0.5) is 8.78 Å². The van der Waals surface area contributed by atoms with E-state index in [0.717, 1.165) is 6.20 Å². The summed E-state index contributed by atoms with van der Waals surface area (Å²) >= 11 is 5.21. The predicted octanol–water partition coefficient (Wildman–Crippen LogP) is 2.58. The van der Waals surface area contributed by atoms with Crippen molar-refractivity contribution in [3.05, 3.63) is 28.6 Å². The van der Waals surface area contributed by atoms with Gasteiger partial charge in [-0.25, -0.2) is 8.78 Å². The molecule has 6 heteroatoms. The first kappa shape index (κ1) is 11.5. The molecule has 0 amide bonds. The van der Waals surface area contributed by atoms with Crippen molar-refractivity contribution in [3.63, 3.8) is 0 Å². The van der Waals surface area contributed by atoms with Crippen LogP contribution in [-0.2, 0) is 0 Å². The molecule has 0 saturated carbocycles. The molecule has 0 radical (unpaired) electrons. The number of nitrogens with zero attached hydrogens (tertiary/aromatic N) is 2. The summed E-state index contributed by atoms with van der Waals surface area (Å²) < 4.78 is 24.8. The average molecular weight is 231 g/mol. The van der Waals surface area contributed by atoms with E-state index < -0.39 is 17.4 Å². The van der Waals surface area contributed by atoms with Crippen LogP contribution in [0.5, 0.6) is 0 Å². The predicted molar refractivity (Wildman–Crippen MR) is 48.8 cm³/mol. The largest absolute Gasteiger partial charge is 0.280 e. The van der Waals surface area contributed by atoms with Crippen LogP contribution in [0.25, 0.3) is 0 Å². The molecular formula is C9H5ClF2N2O.